The molecule has 0 aliphatic heterocycles. The summed E-state index contributed by atoms with van der Waals surface area (Å²) in [5.41, 5.74) is 1.20. The molecule has 1 heterocycles. The van der Waals surface area contributed by atoms with Crippen LogP contribution in [0.3, 0.4) is 0 Å². The van der Waals surface area contributed by atoms with Gasteiger partial charge in [0.05, 0.1) is 12.5 Å². The van der Waals surface area contributed by atoms with Gasteiger partial charge in [0.15, 0.2) is 0 Å². The van der Waals surface area contributed by atoms with Crippen molar-refractivity contribution in [2.24, 2.45) is 0 Å². The van der Waals surface area contributed by atoms with Gasteiger partial charge in [0, 0.05) is 24.2 Å². The fourth-order valence-electron chi connectivity index (χ4n) is 1.64. The first-order chi connectivity index (χ1) is 6.59. The predicted octanol–water partition coefficient (Wildman–Crippen LogP) is 1.88. The van der Waals surface area contributed by atoms with E-state index in [9.17, 15) is 0 Å². The molecule has 0 aliphatic rings. The van der Waals surface area contributed by atoms with Crippen molar-refractivity contribution in [2.75, 3.05) is 20.6 Å². The van der Waals surface area contributed by atoms with Crippen molar-refractivity contribution in [3.63, 3.8) is 0 Å². The van der Waals surface area contributed by atoms with Gasteiger partial charge in [-0.2, -0.15) is 0 Å². The number of likely N-dealkylation sites (N-methyl/N-ethyl adjacent to an activating group) is 1. The van der Waals surface area contributed by atoms with E-state index in [1.807, 2.05) is 6.07 Å². The summed E-state index contributed by atoms with van der Waals surface area (Å²) in [6.07, 6.45) is 3.50. The first-order valence-corrected chi connectivity index (χ1v) is 5.02. The van der Waals surface area contributed by atoms with Crippen LogP contribution in [-0.4, -0.2) is 31.6 Å². The maximum atomic E-state index is 5.05. The van der Waals surface area contributed by atoms with Gasteiger partial charge in [-0.15, -0.1) is 0 Å². The molecule has 0 aliphatic carbocycles. The molecule has 3 heteroatoms. The van der Waals surface area contributed by atoms with Crippen molar-refractivity contribution in [1.29, 1.82) is 0 Å². The molecule has 80 valence electrons. The minimum absolute atomic E-state index is 0.351. The fraction of sp³-hybridized carbons (Fsp3) is 0.636. The van der Waals surface area contributed by atoms with Crippen LogP contribution in [0.4, 0.5) is 0 Å². The predicted molar refractivity (Wildman–Crippen MR) is 58.3 cm³/mol. The Balaban J connectivity index is 2.37. The number of furan rings is 1. The van der Waals surface area contributed by atoms with Crippen LogP contribution in [0, 0.1) is 0 Å². The maximum Gasteiger partial charge on any atom is 0.0950 e. The van der Waals surface area contributed by atoms with Crippen molar-refractivity contribution in [2.45, 2.75) is 25.9 Å². The lowest BCUT2D eigenvalue weighted by Crippen LogP contribution is -2.37. The fourth-order valence-corrected chi connectivity index (χ4v) is 1.64. The smallest absolute Gasteiger partial charge is 0.0950 e. The van der Waals surface area contributed by atoms with E-state index in [1.54, 1.807) is 12.5 Å². The molecule has 1 N–H and O–H groups in total. The summed E-state index contributed by atoms with van der Waals surface area (Å²) in [5.74, 6) is 0. The summed E-state index contributed by atoms with van der Waals surface area (Å²) < 4.78 is 5.05. The summed E-state index contributed by atoms with van der Waals surface area (Å²) in [6.45, 7) is 5.38. The van der Waals surface area contributed by atoms with Crippen LogP contribution in [0.25, 0.3) is 0 Å². The van der Waals surface area contributed by atoms with E-state index < -0.39 is 0 Å². The Morgan fingerprint density at radius 2 is 2.14 bits per heavy atom. The molecule has 1 aromatic rings. The van der Waals surface area contributed by atoms with Crippen LogP contribution in [0.2, 0.25) is 0 Å². The first-order valence-electron chi connectivity index (χ1n) is 5.02. The lowest BCUT2D eigenvalue weighted by atomic mass is 10.1. The quantitative estimate of drug-likeness (QED) is 0.779. The summed E-state index contributed by atoms with van der Waals surface area (Å²) in [6, 6.07) is 2.83. The molecular formula is C11H20N2O. The Bertz CT molecular complexity index is 244. The molecule has 14 heavy (non-hydrogen) atoms. The Hall–Kier alpha value is -0.800. The van der Waals surface area contributed by atoms with Crippen molar-refractivity contribution < 1.29 is 4.42 Å². The van der Waals surface area contributed by atoms with Gasteiger partial charge < -0.3 is 14.6 Å². The van der Waals surface area contributed by atoms with E-state index in [4.69, 9.17) is 4.42 Å². The third-order valence-electron chi connectivity index (χ3n) is 2.22. The normalized spacial score (nSPS) is 15.8. The van der Waals surface area contributed by atoms with Crippen LogP contribution < -0.4 is 5.32 Å². The van der Waals surface area contributed by atoms with Crippen molar-refractivity contribution >= 4 is 0 Å². The monoisotopic (exact) mass is 196 g/mol. The standard InChI is InChI=1S/C11H20N2O/c1-9(7-13(3)4)12-10(2)11-5-6-14-8-11/h5-6,8-10,12H,7H2,1-4H3. The van der Waals surface area contributed by atoms with E-state index in [-0.39, 0.29) is 0 Å². The summed E-state index contributed by atoms with van der Waals surface area (Å²) >= 11 is 0. The molecule has 0 bridgehead atoms. The zero-order chi connectivity index (χ0) is 10.6. The van der Waals surface area contributed by atoms with Crippen LogP contribution >= 0.6 is 0 Å². The molecule has 1 aromatic heterocycles. The summed E-state index contributed by atoms with van der Waals surface area (Å²) in [5, 5.41) is 3.51. The summed E-state index contributed by atoms with van der Waals surface area (Å²) in [7, 11) is 4.17. The van der Waals surface area contributed by atoms with Crippen molar-refractivity contribution in [3.05, 3.63) is 24.2 Å². The maximum absolute atomic E-state index is 5.05. The topological polar surface area (TPSA) is 28.4 Å². The van der Waals surface area contributed by atoms with Crippen LogP contribution in [0.5, 0.6) is 0 Å². The molecule has 0 fully saturated rings. The Morgan fingerprint density at radius 3 is 2.64 bits per heavy atom. The number of nitrogens with one attached hydrogen (secondary N) is 1. The molecule has 0 amide bonds. The minimum Gasteiger partial charge on any atom is -0.472 e. The molecule has 0 spiro atoms. The van der Waals surface area contributed by atoms with Gasteiger partial charge in [-0.1, -0.05) is 0 Å². The van der Waals surface area contributed by atoms with E-state index >= 15 is 0 Å². The molecule has 2 unspecified atom stereocenters. The average Bonchev–Trinajstić information content (AvgIpc) is 2.53. The van der Waals surface area contributed by atoms with Crippen molar-refractivity contribution in [3.8, 4) is 0 Å². The van der Waals surface area contributed by atoms with Crippen LogP contribution in [-0.2, 0) is 0 Å². The third kappa shape index (κ3) is 3.52. The largest absolute Gasteiger partial charge is 0.472 e. The lowest BCUT2D eigenvalue weighted by Gasteiger charge is -2.22. The highest BCUT2D eigenvalue weighted by Gasteiger charge is 2.10. The lowest BCUT2D eigenvalue weighted by molar-refractivity contribution is 0.334. The Morgan fingerprint density at radius 1 is 1.43 bits per heavy atom. The molecule has 0 aromatic carbocycles. The second kappa shape index (κ2) is 5.17. The highest BCUT2D eigenvalue weighted by Crippen LogP contribution is 2.12. The zero-order valence-corrected chi connectivity index (χ0v) is 9.45. The van der Waals surface area contributed by atoms with Gasteiger partial charge in [0.1, 0.15) is 0 Å². The highest BCUT2D eigenvalue weighted by atomic mass is 16.3. The third-order valence-corrected chi connectivity index (χ3v) is 2.22. The Labute approximate surface area is 86.1 Å². The van der Waals surface area contributed by atoms with Crippen molar-refractivity contribution in [1.82, 2.24) is 10.2 Å². The molecule has 2 atom stereocenters. The van der Waals surface area contributed by atoms with E-state index in [0.717, 1.165) is 6.54 Å². The van der Waals surface area contributed by atoms with Gasteiger partial charge >= 0.3 is 0 Å². The number of hydrogen-bond acceptors (Lipinski definition) is 3. The van der Waals surface area contributed by atoms with Gasteiger partial charge in [-0.05, 0) is 34.0 Å². The summed E-state index contributed by atoms with van der Waals surface area (Å²) in [4.78, 5) is 2.18. The number of rotatable bonds is 5. The minimum atomic E-state index is 0.351. The SMILES string of the molecule is CC(CN(C)C)NC(C)c1ccoc1. The van der Waals surface area contributed by atoms with Gasteiger partial charge in [-0.25, -0.2) is 0 Å². The average molecular weight is 196 g/mol. The molecule has 3 nitrogen and oxygen atoms in total. The zero-order valence-electron chi connectivity index (χ0n) is 9.45. The molecule has 1 rings (SSSR count). The molecule has 0 saturated heterocycles. The molecule has 0 saturated carbocycles. The van der Waals surface area contributed by atoms with Gasteiger partial charge in [0.25, 0.3) is 0 Å². The first kappa shape index (κ1) is 11.3. The van der Waals surface area contributed by atoms with Crippen LogP contribution in [0.15, 0.2) is 23.0 Å². The number of nitrogens with zero attached hydrogens (tertiary/aromatic N) is 1. The Kier molecular flexibility index (Phi) is 4.17. The second-order valence-electron chi connectivity index (χ2n) is 4.11. The number of hydrogen-bond donors (Lipinski definition) is 1. The van der Waals surface area contributed by atoms with E-state index in [1.165, 1.54) is 5.56 Å². The van der Waals surface area contributed by atoms with Crippen LogP contribution in [0.1, 0.15) is 25.5 Å². The second-order valence-corrected chi connectivity index (χ2v) is 4.11. The van der Waals surface area contributed by atoms with Gasteiger partial charge in [-0.3, -0.25) is 0 Å². The highest BCUT2D eigenvalue weighted by molar-refractivity contribution is 5.10. The molecular weight excluding hydrogens is 176 g/mol. The molecule has 0 radical (unpaired) electrons. The van der Waals surface area contributed by atoms with Gasteiger partial charge in [0.2, 0.25) is 0 Å². The van der Waals surface area contributed by atoms with E-state index in [2.05, 4.69) is 38.2 Å². The van der Waals surface area contributed by atoms with E-state index in [0.29, 0.717) is 12.1 Å².